The van der Waals surface area contributed by atoms with Crippen LogP contribution in [0.3, 0.4) is 0 Å². The number of benzene rings is 1. The molecule has 22 heavy (non-hydrogen) atoms. The molecule has 0 saturated carbocycles. The van der Waals surface area contributed by atoms with Crippen LogP contribution in [0.4, 0.5) is 11.8 Å². The summed E-state index contributed by atoms with van der Waals surface area (Å²) in [5.41, 5.74) is 1.11. The van der Waals surface area contributed by atoms with Gasteiger partial charge in [0, 0.05) is 12.1 Å². The van der Waals surface area contributed by atoms with E-state index in [-0.39, 0.29) is 5.54 Å². The molecule has 1 aromatic carbocycles. The van der Waals surface area contributed by atoms with E-state index in [4.69, 9.17) is 4.74 Å². The Balaban J connectivity index is 1.90. The van der Waals surface area contributed by atoms with Crippen molar-refractivity contribution in [1.82, 2.24) is 15.2 Å². The molecule has 1 aromatic heterocycles. The molecule has 0 aliphatic rings. The largest absolute Gasteiger partial charge is 0.497 e. The second-order valence-corrected chi connectivity index (χ2v) is 6.07. The van der Waals surface area contributed by atoms with Crippen molar-refractivity contribution in [3.05, 3.63) is 36.0 Å². The van der Waals surface area contributed by atoms with Crippen molar-refractivity contribution in [3.63, 3.8) is 0 Å². The number of hydrogen-bond acceptors (Lipinski definition) is 6. The Labute approximate surface area is 131 Å². The van der Waals surface area contributed by atoms with E-state index in [1.165, 1.54) is 5.56 Å². The Morgan fingerprint density at radius 1 is 1.23 bits per heavy atom. The number of nitrogens with zero attached hydrogens (tertiary/aromatic N) is 3. The molecule has 0 fully saturated rings. The monoisotopic (exact) mass is 301 g/mol. The highest BCUT2D eigenvalue weighted by molar-refractivity contribution is 5.38. The van der Waals surface area contributed by atoms with Gasteiger partial charge < -0.3 is 15.4 Å². The zero-order valence-electron chi connectivity index (χ0n) is 13.6. The van der Waals surface area contributed by atoms with E-state index in [1.807, 2.05) is 18.2 Å². The zero-order valence-corrected chi connectivity index (χ0v) is 13.6. The predicted molar refractivity (Wildman–Crippen MR) is 88.4 cm³/mol. The third-order valence-electron chi connectivity index (χ3n) is 2.90. The number of ether oxygens (including phenoxy) is 1. The zero-order chi connectivity index (χ0) is 16.0. The third-order valence-corrected chi connectivity index (χ3v) is 2.90. The summed E-state index contributed by atoms with van der Waals surface area (Å²) < 4.78 is 5.22. The van der Waals surface area contributed by atoms with Crippen LogP contribution in [-0.2, 0) is 6.42 Å². The molecular formula is C16H23N5O. The lowest BCUT2D eigenvalue weighted by Gasteiger charge is -2.20. The molecule has 0 amide bonds. The summed E-state index contributed by atoms with van der Waals surface area (Å²) >= 11 is 0. The van der Waals surface area contributed by atoms with Crippen LogP contribution in [-0.4, -0.2) is 34.4 Å². The number of rotatable bonds is 6. The second-order valence-electron chi connectivity index (χ2n) is 6.07. The second kappa shape index (κ2) is 7.06. The summed E-state index contributed by atoms with van der Waals surface area (Å²) in [4.78, 5) is 4.40. The molecule has 0 saturated heterocycles. The summed E-state index contributed by atoms with van der Waals surface area (Å²) in [5.74, 6) is 2.11. The van der Waals surface area contributed by atoms with Crippen molar-refractivity contribution in [2.24, 2.45) is 0 Å². The van der Waals surface area contributed by atoms with Gasteiger partial charge in [-0.1, -0.05) is 12.1 Å². The number of nitrogens with one attached hydrogen (secondary N) is 2. The summed E-state index contributed by atoms with van der Waals surface area (Å²) in [5, 5.41) is 14.4. The summed E-state index contributed by atoms with van der Waals surface area (Å²) in [6.07, 6.45) is 2.50. The first kappa shape index (κ1) is 16.0. The number of anilines is 2. The molecule has 118 valence electrons. The Bertz CT molecular complexity index is 609. The van der Waals surface area contributed by atoms with Gasteiger partial charge >= 0.3 is 0 Å². The molecule has 2 aromatic rings. The molecule has 0 aliphatic heterocycles. The van der Waals surface area contributed by atoms with Crippen LogP contribution in [0.25, 0.3) is 0 Å². The molecule has 2 rings (SSSR count). The van der Waals surface area contributed by atoms with Crippen molar-refractivity contribution in [3.8, 4) is 5.75 Å². The van der Waals surface area contributed by atoms with Crippen LogP contribution in [0.15, 0.2) is 30.5 Å². The van der Waals surface area contributed by atoms with Crippen LogP contribution >= 0.6 is 0 Å². The standard InChI is InChI=1S/C16H23N5O/c1-16(2,3)20-15-19-14(11-18-21-15)17-9-8-12-6-5-7-13(10-12)22-4/h5-7,10-11H,8-9H2,1-4H3,(H2,17,19,20,21). The van der Waals surface area contributed by atoms with Crippen molar-refractivity contribution < 1.29 is 4.74 Å². The molecule has 0 unspecified atom stereocenters. The van der Waals surface area contributed by atoms with Crippen LogP contribution in [0.1, 0.15) is 26.3 Å². The fourth-order valence-electron chi connectivity index (χ4n) is 1.94. The average Bonchev–Trinajstić information content (AvgIpc) is 2.46. The molecule has 0 radical (unpaired) electrons. The average molecular weight is 301 g/mol. The van der Waals surface area contributed by atoms with Gasteiger partial charge in [-0.25, -0.2) is 0 Å². The topological polar surface area (TPSA) is 72.0 Å². The molecule has 0 spiro atoms. The highest BCUT2D eigenvalue weighted by atomic mass is 16.5. The van der Waals surface area contributed by atoms with Gasteiger partial charge in [0.15, 0.2) is 5.82 Å². The first-order chi connectivity index (χ1) is 10.5. The summed E-state index contributed by atoms with van der Waals surface area (Å²) in [6, 6.07) is 8.04. The lowest BCUT2D eigenvalue weighted by molar-refractivity contribution is 0.414. The van der Waals surface area contributed by atoms with Crippen molar-refractivity contribution in [1.29, 1.82) is 0 Å². The van der Waals surface area contributed by atoms with E-state index in [9.17, 15) is 0 Å². The quantitative estimate of drug-likeness (QED) is 0.855. The minimum absolute atomic E-state index is 0.0963. The van der Waals surface area contributed by atoms with Gasteiger partial charge in [-0.2, -0.15) is 10.1 Å². The highest BCUT2D eigenvalue weighted by Crippen LogP contribution is 2.14. The number of methoxy groups -OCH3 is 1. The van der Waals surface area contributed by atoms with E-state index in [1.54, 1.807) is 13.3 Å². The Morgan fingerprint density at radius 3 is 2.77 bits per heavy atom. The first-order valence-electron chi connectivity index (χ1n) is 7.31. The van der Waals surface area contributed by atoms with Gasteiger partial charge in [0.25, 0.3) is 0 Å². The van der Waals surface area contributed by atoms with Gasteiger partial charge in [-0.05, 0) is 44.9 Å². The van der Waals surface area contributed by atoms with Gasteiger partial charge in [0.05, 0.1) is 13.3 Å². The smallest absolute Gasteiger partial charge is 0.245 e. The van der Waals surface area contributed by atoms with E-state index in [0.29, 0.717) is 11.8 Å². The van der Waals surface area contributed by atoms with Crippen molar-refractivity contribution >= 4 is 11.8 Å². The SMILES string of the molecule is COc1cccc(CCNc2cnnc(NC(C)(C)C)n2)c1. The minimum Gasteiger partial charge on any atom is -0.497 e. The fourth-order valence-corrected chi connectivity index (χ4v) is 1.94. The maximum Gasteiger partial charge on any atom is 0.245 e. The molecule has 0 aliphatic carbocycles. The molecule has 0 atom stereocenters. The summed E-state index contributed by atoms with van der Waals surface area (Å²) in [7, 11) is 1.67. The van der Waals surface area contributed by atoms with Crippen LogP contribution < -0.4 is 15.4 Å². The molecule has 6 heteroatoms. The van der Waals surface area contributed by atoms with Crippen LogP contribution in [0.2, 0.25) is 0 Å². The fraction of sp³-hybridized carbons (Fsp3) is 0.438. The molecule has 2 N–H and O–H groups in total. The molecule has 6 nitrogen and oxygen atoms in total. The lowest BCUT2D eigenvalue weighted by atomic mass is 10.1. The maximum absolute atomic E-state index is 5.22. The molecule has 0 bridgehead atoms. The first-order valence-corrected chi connectivity index (χ1v) is 7.31. The van der Waals surface area contributed by atoms with Crippen molar-refractivity contribution in [2.75, 3.05) is 24.3 Å². The Kier molecular flexibility index (Phi) is 5.14. The maximum atomic E-state index is 5.22. The van der Waals surface area contributed by atoms with Crippen molar-refractivity contribution in [2.45, 2.75) is 32.7 Å². The number of aromatic nitrogens is 3. The summed E-state index contributed by atoms with van der Waals surface area (Å²) in [6.45, 7) is 6.93. The van der Waals surface area contributed by atoms with E-state index in [2.05, 4.69) is 52.7 Å². The Hall–Kier alpha value is -2.37. The number of hydrogen-bond donors (Lipinski definition) is 2. The normalized spacial score (nSPS) is 11.1. The van der Waals surface area contributed by atoms with E-state index >= 15 is 0 Å². The van der Waals surface area contributed by atoms with Crippen LogP contribution in [0, 0.1) is 0 Å². The molecule has 1 heterocycles. The minimum atomic E-state index is -0.0963. The predicted octanol–water partition coefficient (Wildman–Crippen LogP) is 2.75. The van der Waals surface area contributed by atoms with Crippen LogP contribution in [0.5, 0.6) is 5.75 Å². The lowest BCUT2D eigenvalue weighted by Crippen LogP contribution is -2.27. The van der Waals surface area contributed by atoms with Gasteiger partial charge in [0.1, 0.15) is 5.75 Å². The third kappa shape index (κ3) is 5.20. The van der Waals surface area contributed by atoms with E-state index in [0.717, 1.165) is 18.7 Å². The Morgan fingerprint density at radius 2 is 2.05 bits per heavy atom. The van der Waals surface area contributed by atoms with Gasteiger partial charge in [-0.15, -0.1) is 5.10 Å². The highest BCUT2D eigenvalue weighted by Gasteiger charge is 2.11. The van der Waals surface area contributed by atoms with E-state index < -0.39 is 0 Å². The molecular weight excluding hydrogens is 278 g/mol. The van der Waals surface area contributed by atoms with Gasteiger partial charge in [-0.3, -0.25) is 0 Å². The van der Waals surface area contributed by atoms with Gasteiger partial charge in [0.2, 0.25) is 5.95 Å².